The van der Waals surface area contributed by atoms with Gasteiger partial charge in [0.05, 0.1) is 15.0 Å². The number of hydrogen-bond acceptors (Lipinski definition) is 3. The summed E-state index contributed by atoms with van der Waals surface area (Å²) in [6, 6.07) is 12.0. The normalized spacial score (nSPS) is 11.6. The van der Waals surface area contributed by atoms with Gasteiger partial charge in [0.1, 0.15) is 0 Å². The maximum absolute atomic E-state index is 12.0. The molecular formula is C16H17ClOS2. The van der Waals surface area contributed by atoms with Crippen LogP contribution in [-0.4, -0.2) is 11.5 Å². The van der Waals surface area contributed by atoms with E-state index in [0.717, 1.165) is 9.77 Å². The van der Waals surface area contributed by atoms with E-state index >= 15 is 0 Å². The first-order chi connectivity index (χ1) is 9.36. The third-order valence-electron chi connectivity index (χ3n) is 2.94. The van der Waals surface area contributed by atoms with E-state index in [1.165, 1.54) is 16.9 Å². The van der Waals surface area contributed by atoms with Crippen LogP contribution in [0.4, 0.5) is 0 Å². The van der Waals surface area contributed by atoms with Gasteiger partial charge in [0.25, 0.3) is 0 Å². The first kappa shape index (κ1) is 15.6. The lowest BCUT2D eigenvalue weighted by molar-refractivity contribution is 0.102. The minimum atomic E-state index is 0.131. The van der Waals surface area contributed by atoms with E-state index in [4.69, 9.17) is 11.6 Å². The highest BCUT2D eigenvalue weighted by atomic mass is 35.5. The zero-order valence-corrected chi connectivity index (χ0v) is 14.2. The molecule has 0 amide bonds. The Morgan fingerprint density at radius 2 is 1.80 bits per heavy atom. The number of halogens is 1. The van der Waals surface area contributed by atoms with Crippen LogP contribution in [0, 0.1) is 0 Å². The third-order valence-corrected chi connectivity index (χ3v) is 5.22. The zero-order valence-electron chi connectivity index (χ0n) is 11.8. The molecule has 0 saturated heterocycles. The number of Topliss-reactive ketones (excluding diaryl/α,β-unsaturated/α-hetero) is 1. The number of carbonyl (C=O) groups is 1. The fourth-order valence-electron chi connectivity index (χ4n) is 1.74. The summed E-state index contributed by atoms with van der Waals surface area (Å²) in [7, 11) is 0. The second-order valence-electron chi connectivity index (χ2n) is 5.59. The van der Waals surface area contributed by atoms with Crippen molar-refractivity contribution in [2.24, 2.45) is 0 Å². The van der Waals surface area contributed by atoms with E-state index in [-0.39, 0.29) is 11.2 Å². The first-order valence-electron chi connectivity index (χ1n) is 6.38. The Morgan fingerprint density at radius 3 is 2.30 bits per heavy atom. The summed E-state index contributed by atoms with van der Waals surface area (Å²) in [5, 5.41) is 0. The molecule has 1 nitrogen and oxygen atoms in total. The summed E-state index contributed by atoms with van der Waals surface area (Å²) < 4.78 is 0.660. The minimum Gasteiger partial charge on any atom is -0.292 e. The van der Waals surface area contributed by atoms with Crippen molar-refractivity contribution in [2.45, 2.75) is 31.1 Å². The molecule has 0 aliphatic carbocycles. The number of ketones is 1. The molecule has 0 fully saturated rings. The predicted octanol–water partition coefficient (Wildman–Crippen LogP) is 5.67. The van der Waals surface area contributed by atoms with Crippen molar-refractivity contribution in [1.82, 2.24) is 0 Å². The summed E-state index contributed by atoms with van der Waals surface area (Å²) >= 11 is 8.75. The average Bonchev–Trinajstić information content (AvgIpc) is 2.82. The second-order valence-corrected chi connectivity index (χ2v) is 8.35. The molecule has 1 aromatic carbocycles. The zero-order chi connectivity index (χ0) is 14.8. The van der Waals surface area contributed by atoms with E-state index in [1.807, 2.05) is 0 Å². The molecule has 1 aromatic heterocycles. The summed E-state index contributed by atoms with van der Waals surface area (Å²) in [5.41, 5.74) is 1.46. The summed E-state index contributed by atoms with van der Waals surface area (Å²) in [5.74, 6) is 0.581. The topological polar surface area (TPSA) is 17.1 Å². The maximum atomic E-state index is 12.0. The van der Waals surface area contributed by atoms with Gasteiger partial charge in [-0.1, -0.05) is 44.5 Å². The molecule has 0 atom stereocenters. The Morgan fingerprint density at radius 1 is 1.15 bits per heavy atom. The highest BCUT2D eigenvalue weighted by Gasteiger charge is 2.13. The molecule has 0 spiro atoms. The molecule has 0 aliphatic rings. The van der Waals surface area contributed by atoms with Gasteiger partial charge < -0.3 is 0 Å². The summed E-state index contributed by atoms with van der Waals surface area (Å²) in [6.07, 6.45) is 0. The largest absolute Gasteiger partial charge is 0.292 e. The van der Waals surface area contributed by atoms with E-state index in [0.29, 0.717) is 10.1 Å². The van der Waals surface area contributed by atoms with E-state index < -0.39 is 0 Å². The van der Waals surface area contributed by atoms with Crippen molar-refractivity contribution >= 4 is 40.5 Å². The quantitative estimate of drug-likeness (QED) is 0.532. The number of carbonyl (C=O) groups excluding carboxylic acids is 1. The second kappa shape index (κ2) is 6.33. The molecule has 0 saturated carbocycles. The predicted molar refractivity (Wildman–Crippen MR) is 89.5 cm³/mol. The van der Waals surface area contributed by atoms with Gasteiger partial charge in [0.15, 0.2) is 5.78 Å². The van der Waals surface area contributed by atoms with Gasteiger partial charge in [-0.3, -0.25) is 4.79 Å². The molecule has 0 radical (unpaired) electrons. The highest BCUT2D eigenvalue weighted by molar-refractivity contribution is 8.00. The number of thioether (sulfide) groups is 1. The first-order valence-corrected chi connectivity index (χ1v) is 8.56. The molecule has 1 heterocycles. The van der Waals surface area contributed by atoms with Crippen molar-refractivity contribution in [3.8, 4) is 0 Å². The van der Waals surface area contributed by atoms with Crippen LogP contribution in [-0.2, 0) is 5.41 Å². The van der Waals surface area contributed by atoms with E-state index in [1.54, 1.807) is 23.9 Å². The number of hydrogen-bond donors (Lipinski definition) is 0. The Labute approximate surface area is 133 Å². The van der Waals surface area contributed by atoms with Crippen LogP contribution < -0.4 is 0 Å². The SMILES string of the molecule is CC(C)(C)c1ccc(SCC(=O)c2ccc(Cl)s2)cc1. The molecule has 0 unspecified atom stereocenters. The van der Waals surface area contributed by atoms with Crippen molar-refractivity contribution in [1.29, 1.82) is 0 Å². The van der Waals surface area contributed by atoms with Crippen LogP contribution in [0.2, 0.25) is 4.34 Å². The molecule has 0 aliphatic heterocycles. The van der Waals surface area contributed by atoms with Gasteiger partial charge >= 0.3 is 0 Å². The number of rotatable bonds is 4. The standard InChI is InChI=1S/C16H17ClOS2/c1-16(2,3)11-4-6-12(7-5-11)19-10-13(18)14-8-9-15(17)20-14/h4-9H,10H2,1-3H3. The lowest BCUT2D eigenvalue weighted by atomic mass is 9.87. The molecule has 4 heteroatoms. The minimum absolute atomic E-state index is 0.131. The smallest absolute Gasteiger partial charge is 0.183 e. The lowest BCUT2D eigenvalue weighted by Gasteiger charge is -2.18. The lowest BCUT2D eigenvalue weighted by Crippen LogP contribution is -2.10. The van der Waals surface area contributed by atoms with Crippen LogP contribution in [0.15, 0.2) is 41.3 Å². The van der Waals surface area contributed by atoms with Gasteiger partial charge in [-0.15, -0.1) is 23.1 Å². The fourth-order valence-corrected chi connectivity index (χ4v) is 3.59. The van der Waals surface area contributed by atoms with Gasteiger partial charge in [0, 0.05) is 4.90 Å². The maximum Gasteiger partial charge on any atom is 0.183 e. The summed E-state index contributed by atoms with van der Waals surface area (Å²) in [4.78, 5) is 13.8. The van der Waals surface area contributed by atoms with Gasteiger partial charge in [-0.2, -0.15) is 0 Å². The van der Waals surface area contributed by atoms with Crippen molar-refractivity contribution < 1.29 is 4.79 Å². The Balaban J connectivity index is 1.96. The van der Waals surface area contributed by atoms with E-state index in [2.05, 4.69) is 45.0 Å². The number of thiophene rings is 1. The molecule has 0 bridgehead atoms. The van der Waals surface area contributed by atoms with Crippen molar-refractivity contribution in [3.63, 3.8) is 0 Å². The molecule has 0 N–H and O–H groups in total. The molecule has 2 aromatic rings. The molecule has 20 heavy (non-hydrogen) atoms. The van der Waals surface area contributed by atoms with Gasteiger partial charge in [-0.25, -0.2) is 0 Å². The molecular weight excluding hydrogens is 308 g/mol. The van der Waals surface area contributed by atoms with Gasteiger partial charge in [0.2, 0.25) is 0 Å². The highest BCUT2D eigenvalue weighted by Crippen LogP contribution is 2.27. The Kier molecular flexibility index (Phi) is 4.95. The molecule has 106 valence electrons. The van der Waals surface area contributed by atoms with Crippen LogP contribution >= 0.6 is 34.7 Å². The van der Waals surface area contributed by atoms with E-state index in [9.17, 15) is 4.79 Å². The average molecular weight is 325 g/mol. The fraction of sp³-hybridized carbons (Fsp3) is 0.312. The third kappa shape index (κ3) is 4.11. The van der Waals surface area contributed by atoms with Crippen molar-refractivity contribution in [3.05, 3.63) is 51.2 Å². The number of benzene rings is 1. The monoisotopic (exact) mass is 324 g/mol. The van der Waals surface area contributed by atoms with Crippen molar-refractivity contribution in [2.75, 3.05) is 5.75 Å². The van der Waals surface area contributed by atoms with Crippen LogP contribution in [0.1, 0.15) is 36.0 Å². The Hall–Kier alpha value is -0.770. The van der Waals surface area contributed by atoms with Crippen LogP contribution in [0.25, 0.3) is 0 Å². The van der Waals surface area contributed by atoms with Gasteiger partial charge in [-0.05, 0) is 35.2 Å². The van der Waals surface area contributed by atoms with Crippen LogP contribution in [0.3, 0.4) is 0 Å². The Bertz CT molecular complexity index is 594. The summed E-state index contributed by atoms with van der Waals surface area (Å²) in [6.45, 7) is 6.58. The molecule has 2 rings (SSSR count). The van der Waals surface area contributed by atoms with Crippen LogP contribution in [0.5, 0.6) is 0 Å².